The number of H-pyrrole nitrogens is 2. The van der Waals surface area contributed by atoms with Gasteiger partial charge in [0.05, 0.1) is 54.8 Å². The van der Waals surface area contributed by atoms with E-state index in [-0.39, 0.29) is 47.9 Å². The third-order valence-electron chi connectivity index (χ3n) is 13.3. The van der Waals surface area contributed by atoms with E-state index in [1.165, 1.54) is 7.11 Å². The summed E-state index contributed by atoms with van der Waals surface area (Å²) in [5.41, 5.74) is 7.10. The van der Waals surface area contributed by atoms with Gasteiger partial charge in [-0.2, -0.15) is 0 Å². The lowest BCUT2D eigenvalue weighted by Gasteiger charge is -2.33. The number of ether oxygens (including phenoxy) is 4. The number of hydrogen-bond donors (Lipinski definition) is 4. The van der Waals surface area contributed by atoms with Crippen molar-refractivity contribution in [3.8, 4) is 28.1 Å². The van der Waals surface area contributed by atoms with Crippen molar-refractivity contribution >= 4 is 45.8 Å². The van der Waals surface area contributed by atoms with Crippen LogP contribution in [0.1, 0.15) is 94.8 Å². The van der Waals surface area contributed by atoms with Gasteiger partial charge in [0.15, 0.2) is 0 Å². The van der Waals surface area contributed by atoms with Gasteiger partial charge in [-0.3, -0.25) is 9.59 Å². The Morgan fingerprint density at radius 1 is 0.866 bits per heavy atom. The quantitative estimate of drug-likeness (QED) is 0.0925. The van der Waals surface area contributed by atoms with E-state index in [1.54, 1.807) is 32.1 Å². The molecule has 16 heteroatoms. The largest absolute Gasteiger partial charge is 0.488 e. The molecule has 9 rings (SSSR count). The molecule has 5 heterocycles. The van der Waals surface area contributed by atoms with Crippen LogP contribution in [-0.4, -0.2) is 99.3 Å². The molecule has 6 aromatic rings. The highest BCUT2D eigenvalue weighted by molar-refractivity contribution is 6.07. The van der Waals surface area contributed by atoms with Gasteiger partial charge in [-0.05, 0) is 97.9 Å². The summed E-state index contributed by atoms with van der Waals surface area (Å²) in [6.07, 6.45) is 2.37. The molecule has 4 amide bonds. The van der Waals surface area contributed by atoms with Crippen LogP contribution in [0.2, 0.25) is 0 Å². The molecule has 3 aliphatic heterocycles. The second-order valence-corrected chi connectivity index (χ2v) is 18.5. The number of benzene rings is 4. The van der Waals surface area contributed by atoms with E-state index in [2.05, 4.69) is 57.0 Å². The van der Waals surface area contributed by atoms with Crippen LogP contribution in [0, 0.1) is 11.8 Å². The van der Waals surface area contributed by atoms with Crippen LogP contribution in [0.3, 0.4) is 0 Å². The molecule has 6 atom stereocenters. The lowest BCUT2D eigenvalue weighted by Crippen LogP contribution is -2.53. The van der Waals surface area contributed by atoms with Crippen molar-refractivity contribution in [3.05, 3.63) is 102 Å². The first-order valence-corrected chi connectivity index (χ1v) is 23.1. The van der Waals surface area contributed by atoms with Crippen LogP contribution < -0.4 is 15.4 Å². The highest BCUT2D eigenvalue weighted by Crippen LogP contribution is 2.44. The summed E-state index contributed by atoms with van der Waals surface area (Å²) >= 11 is 0. The molecule has 16 nitrogen and oxygen atoms in total. The number of nitrogens with one attached hydrogen (secondary N) is 4. The molecule has 2 aromatic heterocycles. The number of hydrogen-bond acceptors (Lipinski definition) is 10. The summed E-state index contributed by atoms with van der Waals surface area (Å²) in [6, 6.07) is 21.3. The van der Waals surface area contributed by atoms with Crippen molar-refractivity contribution < 1.29 is 38.1 Å². The lowest BCUT2D eigenvalue weighted by molar-refractivity contribution is -0.137. The zero-order chi connectivity index (χ0) is 47.1. The summed E-state index contributed by atoms with van der Waals surface area (Å²) in [4.78, 5) is 74.2. The van der Waals surface area contributed by atoms with Gasteiger partial charge in [-0.1, -0.05) is 62.4 Å². The Morgan fingerprint density at radius 2 is 1.67 bits per heavy atom. The molecule has 2 fully saturated rings. The maximum absolute atomic E-state index is 14.3. The SMILES string of the molecule is COC[C@H]1C[C@@H](c2ncc(-c3ccc4c(c3)COc3cc5c(ccc6[nH]c([C@@H]7CC[C@H](C)N7C(=O)[C@@H](NC(=O)OC(C)C)C(C)C)nc65)cc3-4)[nH]2)N(C(=O)[C@H](NC(=O)OC)c2ccccc2)C1. The van der Waals surface area contributed by atoms with Gasteiger partial charge in [-0.15, -0.1) is 0 Å². The number of rotatable bonds is 12. The Balaban J connectivity index is 0.965. The Bertz CT molecular complexity index is 2820. The number of likely N-dealkylation sites (tertiary alicyclic amines) is 2. The molecule has 0 unspecified atom stereocenters. The third kappa shape index (κ3) is 8.89. The lowest BCUT2D eigenvalue weighted by atomic mass is 9.92. The topological polar surface area (TPSA) is 193 Å². The van der Waals surface area contributed by atoms with Crippen LogP contribution >= 0.6 is 0 Å². The molecule has 0 aliphatic carbocycles. The van der Waals surface area contributed by atoms with E-state index >= 15 is 0 Å². The fourth-order valence-corrected chi connectivity index (χ4v) is 10.0. The highest BCUT2D eigenvalue weighted by Gasteiger charge is 2.43. The summed E-state index contributed by atoms with van der Waals surface area (Å²) < 4.78 is 22.2. The number of aromatic amines is 2. The van der Waals surface area contributed by atoms with Crippen molar-refractivity contribution in [1.29, 1.82) is 0 Å². The van der Waals surface area contributed by atoms with E-state index in [0.717, 1.165) is 68.3 Å². The highest BCUT2D eigenvalue weighted by atomic mass is 16.6. The van der Waals surface area contributed by atoms with Gasteiger partial charge in [0.2, 0.25) is 5.91 Å². The van der Waals surface area contributed by atoms with Crippen LogP contribution in [0.4, 0.5) is 9.59 Å². The van der Waals surface area contributed by atoms with Gasteiger partial charge < -0.3 is 49.3 Å². The summed E-state index contributed by atoms with van der Waals surface area (Å²) in [6.45, 7) is 10.7. The Hall–Kier alpha value is -6.94. The fourth-order valence-electron chi connectivity index (χ4n) is 10.0. The molecular formula is C51H58N8O8. The number of amides is 4. The molecular weight excluding hydrogens is 853 g/mol. The number of carbonyl (C=O) groups excluding carboxylic acids is 4. The van der Waals surface area contributed by atoms with Crippen molar-refractivity contribution in [2.45, 2.75) is 96.8 Å². The van der Waals surface area contributed by atoms with Gasteiger partial charge in [0.1, 0.15) is 36.1 Å². The van der Waals surface area contributed by atoms with Crippen molar-refractivity contribution in [3.63, 3.8) is 0 Å². The number of nitrogens with zero attached hydrogens (tertiary/aromatic N) is 4. The molecule has 350 valence electrons. The first-order chi connectivity index (χ1) is 32.3. The molecule has 0 spiro atoms. The number of methoxy groups -OCH3 is 2. The first-order valence-electron chi connectivity index (χ1n) is 23.1. The van der Waals surface area contributed by atoms with E-state index in [9.17, 15) is 19.2 Å². The molecule has 2 saturated heterocycles. The van der Waals surface area contributed by atoms with Crippen molar-refractivity contribution in [2.75, 3.05) is 27.4 Å². The molecule has 0 saturated carbocycles. The molecule has 4 N–H and O–H groups in total. The molecule has 0 radical (unpaired) electrons. The molecule has 0 bridgehead atoms. The van der Waals surface area contributed by atoms with Crippen molar-refractivity contribution in [2.24, 2.45) is 11.8 Å². The normalized spacial score (nSPS) is 19.8. The average Bonchev–Trinajstić information content (AvgIpc) is 4.15. The van der Waals surface area contributed by atoms with Gasteiger partial charge in [-0.25, -0.2) is 19.6 Å². The number of fused-ring (bicyclic) bond motifs is 6. The number of carbonyl (C=O) groups is 4. The average molecular weight is 911 g/mol. The van der Waals surface area contributed by atoms with Crippen molar-refractivity contribution in [1.82, 2.24) is 40.4 Å². The number of imidazole rings is 2. The Kier molecular flexibility index (Phi) is 12.7. The third-order valence-corrected chi connectivity index (χ3v) is 13.3. The monoisotopic (exact) mass is 910 g/mol. The predicted molar refractivity (Wildman–Crippen MR) is 252 cm³/mol. The summed E-state index contributed by atoms with van der Waals surface area (Å²) in [5.74, 6) is 1.61. The van der Waals surface area contributed by atoms with Crippen LogP contribution in [0.15, 0.2) is 79.0 Å². The summed E-state index contributed by atoms with van der Waals surface area (Å²) in [5, 5.41) is 7.50. The zero-order valence-electron chi connectivity index (χ0n) is 38.9. The van der Waals surface area contributed by atoms with Gasteiger partial charge >= 0.3 is 12.2 Å². The van der Waals surface area contributed by atoms with Crippen LogP contribution in [0.25, 0.3) is 44.2 Å². The first kappa shape index (κ1) is 45.2. The summed E-state index contributed by atoms with van der Waals surface area (Å²) in [7, 11) is 2.93. The van der Waals surface area contributed by atoms with Crippen LogP contribution in [-0.2, 0) is 30.4 Å². The second kappa shape index (κ2) is 18.7. The molecule has 67 heavy (non-hydrogen) atoms. The standard InChI is InChI=1S/C51H58N8O8/c1-27(2)43(56-51(63)67-28(3)4)49(61)59-29(5)13-18-40(59)47-53-38-17-15-32-21-37-35-16-14-33(20-34(35)26-66-42(37)22-36(32)45(38)55-47)39-23-52-46(54-39)41-19-30(25-64-6)24-58(41)48(60)44(57-50(62)65-7)31-11-9-8-10-12-31/h8-12,14-17,20-23,27-30,40-41,43-44H,13,18-19,24-26H2,1-7H3,(H,52,54)(H,53,55)(H,56,63)(H,57,62)/t29-,30-,40-,41-,43-,44+/m0/s1. The van der Waals surface area contributed by atoms with Gasteiger partial charge in [0, 0.05) is 36.6 Å². The van der Waals surface area contributed by atoms with E-state index in [4.69, 9.17) is 28.9 Å². The van der Waals surface area contributed by atoms with E-state index in [1.807, 2.05) is 62.1 Å². The minimum Gasteiger partial charge on any atom is -0.488 e. The second-order valence-electron chi connectivity index (χ2n) is 18.5. The number of alkyl carbamates (subject to hydrolysis) is 2. The minimum atomic E-state index is -0.949. The van der Waals surface area contributed by atoms with E-state index < -0.39 is 24.3 Å². The van der Waals surface area contributed by atoms with E-state index in [0.29, 0.717) is 43.4 Å². The maximum atomic E-state index is 14.3. The van der Waals surface area contributed by atoms with Gasteiger partial charge in [0.25, 0.3) is 5.91 Å². The zero-order valence-corrected chi connectivity index (χ0v) is 38.9. The Morgan fingerprint density at radius 3 is 2.42 bits per heavy atom. The number of aromatic nitrogens is 4. The van der Waals surface area contributed by atoms with Crippen LogP contribution in [0.5, 0.6) is 5.75 Å². The minimum absolute atomic E-state index is 0.0402. The molecule has 4 aromatic carbocycles. The Labute approximate surface area is 389 Å². The molecule has 3 aliphatic rings. The smallest absolute Gasteiger partial charge is 0.408 e. The predicted octanol–water partition coefficient (Wildman–Crippen LogP) is 8.51. The maximum Gasteiger partial charge on any atom is 0.408 e. The fraction of sp³-hybridized carbons (Fsp3) is 0.412.